The molecule has 1 atom stereocenters. The Balaban J connectivity index is 1.47. The van der Waals surface area contributed by atoms with Crippen LogP contribution in [0.1, 0.15) is 46.2 Å². The lowest BCUT2D eigenvalue weighted by molar-refractivity contribution is -0.0420. The number of nitrogens with one attached hydrogen (secondary N) is 1. The number of amides is 1. The standard InChI is InChI=1S/C31H39N7O3/c1-21(2)37-20-33-25-26(32-17-22-11-13-24(14-12-22)23-9-7-6-8-10-23)34-28(35-27(25)37)36-15-16-38(29(40)41)31(18-36,19-39)30(3,4)5/h6-14,20-21,39H,15-19H2,1-5H3,(H,40,41)(H,32,34,35). The number of carboxylic acid groups (broad SMARTS) is 1. The molecule has 3 heterocycles. The maximum absolute atomic E-state index is 12.2. The van der Waals surface area contributed by atoms with Gasteiger partial charge in [0.2, 0.25) is 5.95 Å². The van der Waals surface area contributed by atoms with E-state index in [9.17, 15) is 15.0 Å². The first-order chi connectivity index (χ1) is 19.5. The SMILES string of the molecule is CC(C)n1cnc2c(NCc3ccc(-c4ccccc4)cc3)nc(N3CCN(C(=O)O)C(CO)(C(C)(C)C)C3)nc21. The van der Waals surface area contributed by atoms with E-state index in [0.29, 0.717) is 36.0 Å². The van der Waals surface area contributed by atoms with Crippen molar-refractivity contribution >= 4 is 29.0 Å². The molecule has 0 aliphatic carbocycles. The van der Waals surface area contributed by atoms with Crippen LogP contribution < -0.4 is 10.2 Å². The van der Waals surface area contributed by atoms with Crippen LogP contribution in [0.25, 0.3) is 22.3 Å². The molecule has 41 heavy (non-hydrogen) atoms. The molecule has 0 bridgehead atoms. The van der Waals surface area contributed by atoms with Crippen LogP contribution in [-0.2, 0) is 6.54 Å². The van der Waals surface area contributed by atoms with E-state index < -0.39 is 17.0 Å². The topological polar surface area (TPSA) is 120 Å². The van der Waals surface area contributed by atoms with Crippen molar-refractivity contribution in [1.82, 2.24) is 24.4 Å². The van der Waals surface area contributed by atoms with Crippen molar-refractivity contribution in [3.8, 4) is 11.1 Å². The van der Waals surface area contributed by atoms with Gasteiger partial charge in [0, 0.05) is 32.2 Å². The molecule has 1 fully saturated rings. The lowest BCUT2D eigenvalue weighted by Gasteiger charge is -2.55. The number of fused-ring (bicyclic) bond motifs is 1. The van der Waals surface area contributed by atoms with Gasteiger partial charge in [-0.1, -0.05) is 75.4 Å². The van der Waals surface area contributed by atoms with Gasteiger partial charge in [-0.25, -0.2) is 9.78 Å². The Bertz CT molecular complexity index is 1510. The molecule has 5 rings (SSSR count). The number of anilines is 2. The summed E-state index contributed by atoms with van der Waals surface area (Å²) in [5.74, 6) is 1.09. The van der Waals surface area contributed by atoms with Crippen molar-refractivity contribution in [1.29, 1.82) is 0 Å². The van der Waals surface area contributed by atoms with E-state index in [0.717, 1.165) is 11.1 Å². The number of aromatic nitrogens is 4. The lowest BCUT2D eigenvalue weighted by atomic mass is 9.71. The largest absolute Gasteiger partial charge is 0.465 e. The predicted molar refractivity (Wildman–Crippen MR) is 161 cm³/mol. The average Bonchev–Trinajstić information content (AvgIpc) is 3.40. The zero-order chi connectivity index (χ0) is 29.4. The van der Waals surface area contributed by atoms with E-state index in [1.54, 1.807) is 6.33 Å². The average molecular weight is 558 g/mol. The molecule has 10 heteroatoms. The molecule has 10 nitrogen and oxygen atoms in total. The Morgan fingerprint density at radius 1 is 1.02 bits per heavy atom. The summed E-state index contributed by atoms with van der Waals surface area (Å²) < 4.78 is 2.01. The van der Waals surface area contributed by atoms with Gasteiger partial charge in [-0.05, 0) is 36.0 Å². The van der Waals surface area contributed by atoms with Gasteiger partial charge < -0.3 is 25.0 Å². The van der Waals surface area contributed by atoms with Crippen LogP contribution in [0.4, 0.5) is 16.6 Å². The number of hydrogen-bond donors (Lipinski definition) is 3. The molecular weight excluding hydrogens is 518 g/mol. The van der Waals surface area contributed by atoms with Crippen molar-refractivity contribution < 1.29 is 15.0 Å². The summed E-state index contributed by atoms with van der Waals surface area (Å²) >= 11 is 0. The summed E-state index contributed by atoms with van der Waals surface area (Å²) in [7, 11) is 0. The number of hydrogen-bond acceptors (Lipinski definition) is 7. The number of aliphatic hydroxyl groups excluding tert-OH is 1. The fourth-order valence-corrected chi connectivity index (χ4v) is 5.56. The van der Waals surface area contributed by atoms with Crippen LogP contribution in [0.5, 0.6) is 0 Å². The molecular formula is C31H39N7O3. The Hall–Kier alpha value is -4.18. The molecule has 1 unspecified atom stereocenters. The Morgan fingerprint density at radius 2 is 1.71 bits per heavy atom. The maximum Gasteiger partial charge on any atom is 0.407 e. The van der Waals surface area contributed by atoms with Gasteiger partial charge >= 0.3 is 6.09 Å². The van der Waals surface area contributed by atoms with Crippen molar-refractivity contribution in [3.05, 3.63) is 66.5 Å². The number of piperazine rings is 1. The second-order valence-corrected chi connectivity index (χ2v) is 12.0. The summed E-state index contributed by atoms with van der Waals surface area (Å²) in [6.07, 6.45) is 0.743. The Morgan fingerprint density at radius 3 is 2.32 bits per heavy atom. The summed E-state index contributed by atoms with van der Waals surface area (Å²) in [4.78, 5) is 30.0. The Labute approximate surface area is 240 Å². The summed E-state index contributed by atoms with van der Waals surface area (Å²) in [5.41, 5.74) is 3.25. The van der Waals surface area contributed by atoms with E-state index in [4.69, 9.17) is 9.97 Å². The van der Waals surface area contributed by atoms with Gasteiger partial charge in [-0.3, -0.25) is 4.90 Å². The van der Waals surface area contributed by atoms with Crippen LogP contribution in [0.2, 0.25) is 0 Å². The second-order valence-electron chi connectivity index (χ2n) is 12.0. The van der Waals surface area contributed by atoms with E-state index in [1.165, 1.54) is 10.5 Å². The van der Waals surface area contributed by atoms with E-state index in [-0.39, 0.29) is 25.7 Å². The first-order valence-electron chi connectivity index (χ1n) is 14.0. The fraction of sp³-hybridized carbons (Fsp3) is 0.419. The second kappa shape index (κ2) is 11.0. The zero-order valence-electron chi connectivity index (χ0n) is 24.4. The molecule has 0 spiro atoms. The third-order valence-corrected chi connectivity index (χ3v) is 8.22. The molecule has 1 aliphatic rings. The predicted octanol–water partition coefficient (Wildman–Crippen LogP) is 5.26. The van der Waals surface area contributed by atoms with Gasteiger partial charge in [0.15, 0.2) is 17.0 Å². The van der Waals surface area contributed by atoms with Crippen molar-refractivity contribution in [3.63, 3.8) is 0 Å². The van der Waals surface area contributed by atoms with Gasteiger partial charge in [-0.2, -0.15) is 9.97 Å². The minimum atomic E-state index is -1.04. The molecule has 1 amide bonds. The minimum Gasteiger partial charge on any atom is -0.465 e. The monoisotopic (exact) mass is 557 g/mol. The third-order valence-electron chi connectivity index (χ3n) is 8.22. The number of carbonyl (C=O) groups is 1. The van der Waals surface area contributed by atoms with Crippen molar-refractivity contribution in [2.24, 2.45) is 5.41 Å². The van der Waals surface area contributed by atoms with Crippen LogP contribution >= 0.6 is 0 Å². The third kappa shape index (κ3) is 5.31. The van der Waals surface area contributed by atoms with Crippen LogP contribution in [0.3, 0.4) is 0 Å². The summed E-state index contributed by atoms with van der Waals surface area (Å²) in [6.45, 7) is 11.2. The molecule has 2 aromatic carbocycles. The van der Waals surface area contributed by atoms with Crippen molar-refractivity contribution in [2.75, 3.05) is 36.5 Å². The smallest absolute Gasteiger partial charge is 0.407 e. The summed E-state index contributed by atoms with van der Waals surface area (Å²) in [5, 5.41) is 24.0. The molecule has 4 aromatic rings. The van der Waals surface area contributed by atoms with E-state index >= 15 is 0 Å². The van der Waals surface area contributed by atoms with Gasteiger partial charge in [0.25, 0.3) is 0 Å². The minimum absolute atomic E-state index is 0.135. The molecule has 3 N–H and O–H groups in total. The van der Waals surface area contributed by atoms with E-state index in [1.807, 2.05) is 48.4 Å². The molecule has 1 saturated heterocycles. The first kappa shape index (κ1) is 28.4. The van der Waals surface area contributed by atoms with Crippen LogP contribution in [0.15, 0.2) is 60.9 Å². The fourth-order valence-electron chi connectivity index (χ4n) is 5.56. The first-order valence-corrected chi connectivity index (χ1v) is 14.0. The number of benzene rings is 2. The lowest BCUT2D eigenvalue weighted by Crippen LogP contribution is -2.71. The zero-order valence-corrected chi connectivity index (χ0v) is 24.4. The van der Waals surface area contributed by atoms with Crippen molar-refractivity contribution in [2.45, 2.75) is 52.7 Å². The Kier molecular flexibility index (Phi) is 7.61. The van der Waals surface area contributed by atoms with Crippen LogP contribution in [-0.4, -0.2) is 72.5 Å². The molecule has 2 aromatic heterocycles. The van der Waals surface area contributed by atoms with E-state index in [2.05, 4.69) is 60.5 Å². The molecule has 216 valence electrons. The molecule has 1 aliphatic heterocycles. The number of aliphatic hydroxyl groups is 1. The molecule has 0 saturated carbocycles. The highest BCUT2D eigenvalue weighted by Crippen LogP contribution is 2.39. The number of nitrogens with zero attached hydrogens (tertiary/aromatic N) is 6. The normalized spacial score (nSPS) is 17.8. The maximum atomic E-state index is 12.2. The molecule has 0 radical (unpaired) electrons. The quantitative estimate of drug-likeness (QED) is 0.281. The summed E-state index contributed by atoms with van der Waals surface area (Å²) in [6, 6.07) is 18.8. The highest BCUT2D eigenvalue weighted by atomic mass is 16.4. The number of rotatable bonds is 7. The number of imidazole rings is 1. The highest BCUT2D eigenvalue weighted by molar-refractivity contribution is 5.84. The highest BCUT2D eigenvalue weighted by Gasteiger charge is 2.52. The van der Waals surface area contributed by atoms with Gasteiger partial charge in [-0.15, -0.1) is 0 Å². The van der Waals surface area contributed by atoms with Crippen LogP contribution in [0, 0.1) is 5.41 Å². The van der Waals surface area contributed by atoms with Gasteiger partial charge in [0.1, 0.15) is 0 Å². The van der Waals surface area contributed by atoms with Gasteiger partial charge in [0.05, 0.1) is 18.5 Å².